The van der Waals surface area contributed by atoms with E-state index in [1.54, 1.807) is 19.9 Å². The Bertz CT molecular complexity index is 318. The third kappa shape index (κ3) is 3.22. The van der Waals surface area contributed by atoms with Crippen molar-refractivity contribution in [3.8, 4) is 0 Å². The summed E-state index contributed by atoms with van der Waals surface area (Å²) >= 11 is 0. The second kappa shape index (κ2) is 3.84. The molecule has 0 amide bonds. The molecule has 0 bridgehead atoms. The van der Waals surface area contributed by atoms with Gasteiger partial charge in [0.05, 0.1) is 11.3 Å². The third-order valence-corrected chi connectivity index (χ3v) is 1.75. The van der Waals surface area contributed by atoms with Gasteiger partial charge in [-0.3, -0.25) is 0 Å². The number of aliphatic hydroxyl groups is 1. The molecule has 14 heavy (non-hydrogen) atoms. The largest absolute Gasteiger partial charge is 0.396 e. The summed E-state index contributed by atoms with van der Waals surface area (Å²) in [4.78, 5) is 4.23. The number of nitrogens with two attached hydrogens (primary N) is 1. The van der Waals surface area contributed by atoms with E-state index in [1.165, 1.54) is 0 Å². The van der Waals surface area contributed by atoms with Crippen molar-refractivity contribution in [1.29, 1.82) is 0 Å². The Morgan fingerprint density at radius 3 is 2.71 bits per heavy atom. The van der Waals surface area contributed by atoms with E-state index in [0.717, 1.165) is 5.69 Å². The first-order valence-corrected chi connectivity index (χ1v) is 4.58. The fourth-order valence-electron chi connectivity index (χ4n) is 1.01. The molecular formula is C10H17N3O. The molecule has 0 radical (unpaired) electrons. The fourth-order valence-corrected chi connectivity index (χ4v) is 1.01. The topological polar surface area (TPSA) is 71.2 Å². The van der Waals surface area contributed by atoms with Gasteiger partial charge in [0.1, 0.15) is 5.82 Å². The van der Waals surface area contributed by atoms with E-state index in [4.69, 9.17) is 5.73 Å². The molecule has 1 heterocycles. The first kappa shape index (κ1) is 10.8. The molecule has 0 fully saturated rings. The van der Waals surface area contributed by atoms with Crippen LogP contribution in [0.15, 0.2) is 12.1 Å². The molecule has 4 nitrogen and oxygen atoms in total. The number of rotatable bonds is 3. The van der Waals surface area contributed by atoms with Gasteiger partial charge in [-0.2, -0.15) is 0 Å². The number of aromatic nitrogens is 1. The van der Waals surface area contributed by atoms with E-state index < -0.39 is 5.60 Å². The predicted octanol–water partition coefficient (Wildman–Crippen LogP) is 1.16. The summed E-state index contributed by atoms with van der Waals surface area (Å²) in [6.45, 7) is 5.78. The highest BCUT2D eigenvalue weighted by molar-refractivity contribution is 5.61. The normalized spacial score (nSPS) is 11.4. The van der Waals surface area contributed by atoms with Gasteiger partial charge in [0.25, 0.3) is 0 Å². The summed E-state index contributed by atoms with van der Waals surface area (Å²) in [5, 5.41) is 12.5. The highest BCUT2D eigenvalue weighted by atomic mass is 16.3. The van der Waals surface area contributed by atoms with Crippen molar-refractivity contribution in [3.63, 3.8) is 0 Å². The third-order valence-electron chi connectivity index (χ3n) is 1.75. The Balaban J connectivity index is 2.72. The van der Waals surface area contributed by atoms with Gasteiger partial charge in [0.15, 0.2) is 0 Å². The van der Waals surface area contributed by atoms with Crippen molar-refractivity contribution in [2.24, 2.45) is 0 Å². The summed E-state index contributed by atoms with van der Waals surface area (Å²) in [7, 11) is 0. The Morgan fingerprint density at radius 2 is 2.14 bits per heavy atom. The molecule has 0 saturated heterocycles. The van der Waals surface area contributed by atoms with Gasteiger partial charge < -0.3 is 16.2 Å². The zero-order valence-corrected chi connectivity index (χ0v) is 8.83. The van der Waals surface area contributed by atoms with Crippen LogP contribution in [0.25, 0.3) is 0 Å². The molecule has 78 valence electrons. The monoisotopic (exact) mass is 195 g/mol. The minimum Gasteiger partial charge on any atom is -0.396 e. The number of hydrogen-bond acceptors (Lipinski definition) is 4. The molecule has 0 atom stereocenters. The van der Waals surface area contributed by atoms with Crippen LogP contribution in [0.3, 0.4) is 0 Å². The minimum atomic E-state index is -0.766. The predicted molar refractivity (Wildman–Crippen MR) is 58.2 cm³/mol. The number of nitrogen functional groups attached to an aromatic ring is 1. The van der Waals surface area contributed by atoms with Gasteiger partial charge in [-0.25, -0.2) is 4.98 Å². The van der Waals surface area contributed by atoms with Crippen LogP contribution in [0.4, 0.5) is 11.5 Å². The number of aryl methyl sites for hydroxylation is 1. The first-order chi connectivity index (χ1) is 6.38. The lowest BCUT2D eigenvalue weighted by molar-refractivity contribution is 0.0944. The van der Waals surface area contributed by atoms with Crippen molar-refractivity contribution < 1.29 is 5.11 Å². The molecule has 0 spiro atoms. The summed E-state index contributed by atoms with van der Waals surface area (Å²) in [6, 6.07) is 3.65. The molecule has 0 saturated carbocycles. The maximum atomic E-state index is 9.51. The molecular weight excluding hydrogens is 178 g/mol. The smallest absolute Gasteiger partial charge is 0.149 e. The second-order valence-corrected chi connectivity index (χ2v) is 4.06. The van der Waals surface area contributed by atoms with Crippen LogP contribution >= 0.6 is 0 Å². The molecule has 1 rings (SSSR count). The maximum absolute atomic E-state index is 9.51. The first-order valence-electron chi connectivity index (χ1n) is 4.58. The van der Waals surface area contributed by atoms with Crippen molar-refractivity contribution in [2.45, 2.75) is 26.4 Å². The molecule has 0 aliphatic heterocycles. The summed E-state index contributed by atoms with van der Waals surface area (Å²) in [5.41, 5.74) is 6.44. The van der Waals surface area contributed by atoms with Crippen molar-refractivity contribution in [1.82, 2.24) is 4.98 Å². The summed E-state index contributed by atoms with van der Waals surface area (Å²) < 4.78 is 0. The molecule has 0 unspecified atom stereocenters. The van der Waals surface area contributed by atoms with Crippen LogP contribution in [0.1, 0.15) is 19.5 Å². The number of pyridine rings is 1. The zero-order valence-electron chi connectivity index (χ0n) is 8.83. The molecule has 1 aromatic rings. The van der Waals surface area contributed by atoms with Gasteiger partial charge in [-0.15, -0.1) is 0 Å². The van der Waals surface area contributed by atoms with Crippen molar-refractivity contribution in [3.05, 3.63) is 17.8 Å². The van der Waals surface area contributed by atoms with Crippen LogP contribution in [0.5, 0.6) is 0 Å². The second-order valence-electron chi connectivity index (χ2n) is 4.06. The fraction of sp³-hybridized carbons (Fsp3) is 0.500. The molecule has 0 aromatic carbocycles. The summed E-state index contributed by atoms with van der Waals surface area (Å²) in [5.74, 6) is 0.632. The highest BCUT2D eigenvalue weighted by Crippen LogP contribution is 2.16. The molecule has 0 aliphatic carbocycles. The quantitative estimate of drug-likeness (QED) is 0.676. The lowest BCUT2D eigenvalue weighted by Gasteiger charge is -2.18. The van der Waals surface area contributed by atoms with Crippen LogP contribution in [-0.2, 0) is 0 Å². The van der Waals surface area contributed by atoms with Crippen molar-refractivity contribution in [2.75, 3.05) is 17.6 Å². The zero-order chi connectivity index (χ0) is 10.8. The van der Waals surface area contributed by atoms with Gasteiger partial charge in [-0.05, 0) is 32.9 Å². The molecule has 0 aliphatic rings. The number of anilines is 2. The van der Waals surface area contributed by atoms with Crippen LogP contribution < -0.4 is 11.1 Å². The van der Waals surface area contributed by atoms with Gasteiger partial charge in [0, 0.05) is 12.2 Å². The average molecular weight is 195 g/mol. The van der Waals surface area contributed by atoms with E-state index in [-0.39, 0.29) is 0 Å². The summed E-state index contributed by atoms with van der Waals surface area (Å²) in [6.07, 6.45) is 0. The van der Waals surface area contributed by atoms with Gasteiger partial charge in [0.2, 0.25) is 0 Å². The number of nitrogens with zero attached hydrogens (tertiary/aromatic N) is 1. The van der Waals surface area contributed by atoms with Crippen molar-refractivity contribution >= 4 is 11.5 Å². The Hall–Kier alpha value is -1.29. The van der Waals surface area contributed by atoms with Crippen LogP contribution in [-0.4, -0.2) is 22.2 Å². The van der Waals surface area contributed by atoms with Crippen LogP contribution in [0.2, 0.25) is 0 Å². The SMILES string of the molecule is Cc1ccc(N)c(NCC(C)(C)O)n1. The molecule has 1 aromatic heterocycles. The van der Waals surface area contributed by atoms with E-state index in [2.05, 4.69) is 10.3 Å². The maximum Gasteiger partial charge on any atom is 0.149 e. The Labute approximate surface area is 84.2 Å². The Kier molecular flexibility index (Phi) is 2.96. The Morgan fingerprint density at radius 1 is 1.50 bits per heavy atom. The molecule has 4 N–H and O–H groups in total. The standard InChI is InChI=1S/C10H17N3O/c1-7-4-5-8(11)9(13-7)12-6-10(2,3)14/h4-5,14H,6,11H2,1-3H3,(H,12,13). The lowest BCUT2D eigenvalue weighted by atomic mass is 10.1. The van der Waals surface area contributed by atoms with E-state index >= 15 is 0 Å². The number of hydrogen-bond donors (Lipinski definition) is 3. The van der Waals surface area contributed by atoms with E-state index in [1.807, 2.05) is 13.0 Å². The lowest BCUT2D eigenvalue weighted by Crippen LogP contribution is -2.29. The van der Waals surface area contributed by atoms with E-state index in [0.29, 0.717) is 18.1 Å². The van der Waals surface area contributed by atoms with Gasteiger partial charge in [-0.1, -0.05) is 0 Å². The number of nitrogens with one attached hydrogen (secondary N) is 1. The minimum absolute atomic E-state index is 0.424. The van der Waals surface area contributed by atoms with E-state index in [9.17, 15) is 5.11 Å². The average Bonchev–Trinajstić information content (AvgIpc) is 2.05. The van der Waals surface area contributed by atoms with Gasteiger partial charge >= 0.3 is 0 Å². The molecule has 4 heteroatoms. The highest BCUT2D eigenvalue weighted by Gasteiger charge is 2.12. The van der Waals surface area contributed by atoms with Crippen LogP contribution in [0, 0.1) is 6.92 Å².